The monoisotopic (exact) mass is 382 g/mol. The summed E-state index contributed by atoms with van der Waals surface area (Å²) in [7, 11) is 0. The molecular weight excluding hydrogens is 352 g/mol. The lowest BCUT2D eigenvalue weighted by Gasteiger charge is -2.41. The van der Waals surface area contributed by atoms with E-state index in [-0.39, 0.29) is 18.1 Å². The molecule has 0 spiro atoms. The Morgan fingerprint density at radius 3 is 2.54 bits per heavy atom. The highest BCUT2D eigenvalue weighted by molar-refractivity contribution is 5.77. The zero-order valence-corrected chi connectivity index (χ0v) is 16.8. The highest BCUT2D eigenvalue weighted by Gasteiger charge is 2.29. The first-order valence-electron chi connectivity index (χ1n) is 9.89. The van der Waals surface area contributed by atoms with Crippen molar-refractivity contribution < 1.29 is 14.3 Å². The molecule has 1 heterocycles. The van der Waals surface area contributed by atoms with Crippen molar-refractivity contribution >= 4 is 5.91 Å². The molecule has 1 amide bonds. The zero-order valence-electron chi connectivity index (χ0n) is 16.8. The molecular formula is C23H30N2O3. The van der Waals surface area contributed by atoms with Gasteiger partial charge in [-0.3, -0.25) is 9.69 Å². The predicted molar refractivity (Wildman–Crippen MR) is 110 cm³/mol. The molecule has 0 radical (unpaired) electrons. The maximum Gasteiger partial charge on any atom is 0.246 e. The number of hydrogen-bond donors (Lipinski definition) is 1. The molecule has 2 aromatic rings. The minimum atomic E-state index is -0.111. The molecule has 2 aromatic carbocycles. The van der Waals surface area contributed by atoms with Crippen LogP contribution in [0.25, 0.3) is 0 Å². The number of hydrogen-bond acceptors (Lipinski definition) is 4. The Kier molecular flexibility index (Phi) is 7.06. The zero-order chi connectivity index (χ0) is 19.8. The Labute approximate surface area is 167 Å². The Hall–Kier alpha value is -2.37. The van der Waals surface area contributed by atoms with Crippen LogP contribution in [0.4, 0.5) is 0 Å². The fourth-order valence-corrected chi connectivity index (χ4v) is 3.39. The summed E-state index contributed by atoms with van der Waals surface area (Å²) in [6.07, 6.45) is 1.05. The molecule has 0 aliphatic carbocycles. The van der Waals surface area contributed by atoms with Gasteiger partial charge < -0.3 is 14.8 Å². The van der Waals surface area contributed by atoms with Gasteiger partial charge in [-0.15, -0.1) is 0 Å². The average Bonchev–Trinajstić information content (AvgIpc) is 2.72. The first kappa shape index (κ1) is 20.4. The van der Waals surface area contributed by atoms with E-state index in [1.54, 1.807) is 0 Å². The molecule has 0 bridgehead atoms. The van der Waals surface area contributed by atoms with E-state index >= 15 is 0 Å². The van der Waals surface area contributed by atoms with Gasteiger partial charge in [-0.1, -0.05) is 42.5 Å². The number of ether oxygens (including phenoxy) is 2. The molecule has 1 aliphatic rings. The lowest BCUT2D eigenvalue weighted by Crippen LogP contribution is -2.53. The maximum atomic E-state index is 12.1. The van der Waals surface area contributed by atoms with Crippen LogP contribution in [-0.2, 0) is 22.5 Å². The summed E-state index contributed by atoms with van der Waals surface area (Å²) in [5.41, 5.74) is 2.71. The summed E-state index contributed by atoms with van der Waals surface area (Å²) in [5, 5.41) is 3.01. The molecule has 0 atom stereocenters. The van der Waals surface area contributed by atoms with Gasteiger partial charge in [0.25, 0.3) is 0 Å². The first-order chi connectivity index (χ1) is 13.5. The van der Waals surface area contributed by atoms with Crippen LogP contribution >= 0.6 is 0 Å². The third kappa shape index (κ3) is 5.81. The fraction of sp³-hybridized carbons (Fsp3) is 0.435. The van der Waals surface area contributed by atoms with Crippen LogP contribution in [0.2, 0.25) is 0 Å². The highest BCUT2D eigenvalue weighted by Crippen LogP contribution is 2.24. The van der Waals surface area contributed by atoms with Gasteiger partial charge in [0.05, 0.1) is 6.61 Å². The molecule has 0 aromatic heterocycles. The van der Waals surface area contributed by atoms with E-state index in [4.69, 9.17) is 9.47 Å². The Bertz CT molecular complexity index is 761. The van der Waals surface area contributed by atoms with E-state index in [1.165, 1.54) is 11.1 Å². The second-order valence-corrected chi connectivity index (χ2v) is 7.74. The second-order valence-electron chi connectivity index (χ2n) is 7.74. The SMILES string of the molecule is CC(C)(CNC(=O)COCCOc1ccccc1)N1CCc2ccccc2C1. The fourth-order valence-electron chi connectivity index (χ4n) is 3.39. The summed E-state index contributed by atoms with van der Waals surface area (Å²) in [6, 6.07) is 18.2. The van der Waals surface area contributed by atoms with E-state index in [0.29, 0.717) is 19.8 Å². The normalized spacial score (nSPS) is 14.4. The lowest BCUT2D eigenvalue weighted by atomic mass is 9.94. The Balaban J connectivity index is 1.34. The van der Waals surface area contributed by atoms with Crippen LogP contribution < -0.4 is 10.1 Å². The number of amides is 1. The van der Waals surface area contributed by atoms with Crippen molar-refractivity contribution in [1.29, 1.82) is 0 Å². The third-order valence-corrected chi connectivity index (χ3v) is 5.18. The molecule has 0 saturated heterocycles. The quantitative estimate of drug-likeness (QED) is 0.678. The summed E-state index contributed by atoms with van der Waals surface area (Å²) in [4.78, 5) is 14.5. The number of benzene rings is 2. The number of rotatable bonds is 9. The second kappa shape index (κ2) is 9.71. The largest absolute Gasteiger partial charge is 0.491 e. The predicted octanol–water partition coefficient (Wildman–Crippen LogP) is 3.04. The molecule has 0 unspecified atom stereocenters. The molecule has 150 valence electrons. The van der Waals surface area contributed by atoms with Gasteiger partial charge in [0.2, 0.25) is 5.91 Å². The molecule has 5 nitrogen and oxygen atoms in total. The van der Waals surface area contributed by atoms with Gasteiger partial charge in [-0.05, 0) is 43.5 Å². The van der Waals surface area contributed by atoms with Crippen molar-refractivity contribution in [3.63, 3.8) is 0 Å². The molecule has 0 fully saturated rings. The molecule has 0 saturated carbocycles. The Morgan fingerprint density at radius 1 is 1.04 bits per heavy atom. The number of nitrogens with one attached hydrogen (secondary N) is 1. The van der Waals surface area contributed by atoms with Gasteiger partial charge >= 0.3 is 0 Å². The van der Waals surface area contributed by atoms with Gasteiger partial charge in [0.1, 0.15) is 19.0 Å². The van der Waals surface area contributed by atoms with Gasteiger partial charge in [0.15, 0.2) is 0 Å². The van der Waals surface area contributed by atoms with Crippen LogP contribution in [0.15, 0.2) is 54.6 Å². The maximum absolute atomic E-state index is 12.1. The van der Waals surface area contributed by atoms with Crippen LogP contribution in [0, 0.1) is 0 Å². The summed E-state index contributed by atoms with van der Waals surface area (Å²) in [6.45, 7) is 7.74. The van der Waals surface area contributed by atoms with Crippen LogP contribution in [0.3, 0.4) is 0 Å². The molecule has 5 heteroatoms. The molecule has 1 aliphatic heterocycles. The third-order valence-electron chi connectivity index (χ3n) is 5.18. The van der Waals surface area contributed by atoms with Crippen molar-refractivity contribution in [3.05, 3.63) is 65.7 Å². The molecule has 1 N–H and O–H groups in total. The summed E-state index contributed by atoms with van der Waals surface area (Å²) >= 11 is 0. The van der Waals surface area contributed by atoms with Gasteiger partial charge in [-0.2, -0.15) is 0 Å². The summed E-state index contributed by atoms with van der Waals surface area (Å²) < 4.78 is 11.0. The number of para-hydroxylation sites is 1. The average molecular weight is 383 g/mol. The van der Waals surface area contributed by atoms with Gasteiger partial charge in [0, 0.05) is 25.2 Å². The van der Waals surface area contributed by atoms with Crippen LogP contribution in [0.1, 0.15) is 25.0 Å². The number of nitrogens with zero attached hydrogens (tertiary/aromatic N) is 1. The van der Waals surface area contributed by atoms with Crippen LogP contribution in [0.5, 0.6) is 5.75 Å². The van der Waals surface area contributed by atoms with E-state index < -0.39 is 0 Å². The van der Waals surface area contributed by atoms with Crippen molar-refractivity contribution in [2.24, 2.45) is 0 Å². The van der Waals surface area contributed by atoms with Crippen LogP contribution in [-0.4, -0.2) is 49.3 Å². The van der Waals surface area contributed by atoms with Crippen molar-refractivity contribution in [3.8, 4) is 5.75 Å². The number of fused-ring (bicyclic) bond motifs is 1. The van der Waals surface area contributed by atoms with E-state index in [1.807, 2.05) is 30.3 Å². The van der Waals surface area contributed by atoms with E-state index in [0.717, 1.165) is 25.3 Å². The topological polar surface area (TPSA) is 50.8 Å². The smallest absolute Gasteiger partial charge is 0.246 e. The van der Waals surface area contributed by atoms with Crippen molar-refractivity contribution in [1.82, 2.24) is 10.2 Å². The summed E-state index contributed by atoms with van der Waals surface area (Å²) in [5.74, 6) is 0.714. The highest BCUT2D eigenvalue weighted by atomic mass is 16.5. The van der Waals surface area contributed by atoms with E-state index in [9.17, 15) is 4.79 Å². The lowest BCUT2D eigenvalue weighted by molar-refractivity contribution is -0.126. The van der Waals surface area contributed by atoms with E-state index in [2.05, 4.69) is 48.3 Å². The first-order valence-corrected chi connectivity index (χ1v) is 9.89. The number of carbonyl (C=O) groups is 1. The Morgan fingerprint density at radius 2 is 1.75 bits per heavy atom. The standard InChI is InChI=1S/C23H30N2O3/c1-23(2,25-13-12-19-8-6-7-9-20(19)16-25)18-24-22(26)17-27-14-15-28-21-10-4-3-5-11-21/h3-11H,12-18H2,1-2H3,(H,24,26). The number of carbonyl (C=O) groups excluding carboxylic acids is 1. The molecule has 3 rings (SSSR count). The minimum Gasteiger partial charge on any atom is -0.491 e. The minimum absolute atomic E-state index is 0.0526. The van der Waals surface area contributed by atoms with Crippen molar-refractivity contribution in [2.45, 2.75) is 32.4 Å². The van der Waals surface area contributed by atoms with Gasteiger partial charge in [-0.25, -0.2) is 0 Å². The van der Waals surface area contributed by atoms with Crippen molar-refractivity contribution in [2.75, 3.05) is 32.9 Å². The molecule has 28 heavy (non-hydrogen) atoms.